The van der Waals surface area contributed by atoms with E-state index < -0.39 is 0 Å². The quantitative estimate of drug-likeness (QED) is 0.612. The number of rotatable bonds is 7. The van der Waals surface area contributed by atoms with Crippen molar-refractivity contribution in [2.45, 2.75) is 46.2 Å². The van der Waals surface area contributed by atoms with E-state index >= 15 is 0 Å². The Morgan fingerprint density at radius 3 is 2.96 bits per heavy atom. The lowest BCUT2D eigenvalue weighted by atomic mass is 10.2. The normalized spacial score (nSPS) is 19.3. The molecule has 1 unspecified atom stereocenters. The Bertz CT molecular complexity index is 495. The number of hydrogen-bond donors (Lipinski definition) is 1. The highest BCUT2D eigenvalue weighted by atomic mass is 15.3. The van der Waals surface area contributed by atoms with Crippen LogP contribution in [-0.2, 0) is 6.54 Å². The predicted octanol–water partition coefficient (Wildman–Crippen LogP) is 1.57. The Kier molecular flexibility index (Phi) is 6.89. The summed E-state index contributed by atoms with van der Waals surface area (Å²) in [4.78, 5) is 9.61. The van der Waals surface area contributed by atoms with Gasteiger partial charge in [-0.1, -0.05) is 6.92 Å². The zero-order valence-corrected chi connectivity index (χ0v) is 15.1. The smallest absolute Gasteiger partial charge is 0.193 e. The summed E-state index contributed by atoms with van der Waals surface area (Å²) in [7, 11) is 2.14. The first-order chi connectivity index (χ1) is 11.1. The Balaban J connectivity index is 1.89. The van der Waals surface area contributed by atoms with Gasteiger partial charge in [-0.3, -0.25) is 14.6 Å². The minimum atomic E-state index is 0.655. The second kappa shape index (κ2) is 8.91. The molecule has 1 aromatic heterocycles. The maximum atomic E-state index is 4.76. The molecular weight excluding hydrogens is 288 g/mol. The molecular formula is C17H32N6. The summed E-state index contributed by atoms with van der Waals surface area (Å²) in [5, 5.41) is 7.72. The predicted molar refractivity (Wildman–Crippen MR) is 95.8 cm³/mol. The van der Waals surface area contributed by atoms with E-state index in [2.05, 4.69) is 54.2 Å². The van der Waals surface area contributed by atoms with Gasteiger partial charge in [-0.05, 0) is 45.3 Å². The van der Waals surface area contributed by atoms with Gasteiger partial charge in [-0.15, -0.1) is 0 Å². The van der Waals surface area contributed by atoms with Crippen molar-refractivity contribution in [1.29, 1.82) is 0 Å². The van der Waals surface area contributed by atoms with Gasteiger partial charge in [0.1, 0.15) is 0 Å². The maximum absolute atomic E-state index is 4.76. The van der Waals surface area contributed by atoms with Crippen LogP contribution in [0, 0.1) is 6.92 Å². The summed E-state index contributed by atoms with van der Waals surface area (Å²) >= 11 is 0. The Morgan fingerprint density at radius 1 is 1.48 bits per heavy atom. The van der Waals surface area contributed by atoms with Gasteiger partial charge in [0.25, 0.3) is 0 Å². The first-order valence-electron chi connectivity index (χ1n) is 8.86. The van der Waals surface area contributed by atoms with Crippen LogP contribution in [0.3, 0.4) is 0 Å². The molecule has 0 spiro atoms. The SMILES string of the molecule is CCNC(=NCCn1cc(C)cn1)N(C)CC1CCCN1CC. The zero-order valence-electron chi connectivity index (χ0n) is 15.1. The fourth-order valence-corrected chi connectivity index (χ4v) is 3.24. The van der Waals surface area contributed by atoms with Crippen molar-refractivity contribution in [2.75, 3.05) is 39.8 Å². The van der Waals surface area contributed by atoms with Crippen LogP contribution in [0.15, 0.2) is 17.4 Å². The molecule has 6 nitrogen and oxygen atoms in total. The van der Waals surface area contributed by atoms with Crippen molar-refractivity contribution in [3.8, 4) is 0 Å². The molecule has 0 amide bonds. The molecule has 1 atom stereocenters. The van der Waals surface area contributed by atoms with Crippen molar-refractivity contribution in [1.82, 2.24) is 24.9 Å². The molecule has 130 valence electrons. The lowest BCUT2D eigenvalue weighted by molar-refractivity contribution is 0.232. The summed E-state index contributed by atoms with van der Waals surface area (Å²) in [6.45, 7) is 12.3. The standard InChI is InChI=1S/C17H32N6/c1-5-18-17(19-9-11-23-13-15(3)12-20-23)21(4)14-16-8-7-10-22(16)6-2/h12-13,16H,5-11,14H2,1-4H3,(H,18,19). The molecule has 1 aliphatic heterocycles. The van der Waals surface area contributed by atoms with E-state index in [-0.39, 0.29) is 0 Å². The van der Waals surface area contributed by atoms with E-state index in [0.29, 0.717) is 6.04 Å². The van der Waals surface area contributed by atoms with Crippen molar-refractivity contribution in [2.24, 2.45) is 4.99 Å². The van der Waals surface area contributed by atoms with Crippen molar-refractivity contribution < 1.29 is 0 Å². The number of nitrogens with zero attached hydrogens (tertiary/aromatic N) is 5. The third kappa shape index (κ3) is 5.23. The highest BCUT2D eigenvalue weighted by Crippen LogP contribution is 2.17. The summed E-state index contributed by atoms with van der Waals surface area (Å²) in [6.07, 6.45) is 6.56. The third-order valence-electron chi connectivity index (χ3n) is 4.44. The highest BCUT2D eigenvalue weighted by Gasteiger charge is 2.24. The molecule has 0 aromatic carbocycles. The fourth-order valence-electron chi connectivity index (χ4n) is 3.24. The molecule has 0 saturated carbocycles. The van der Waals surface area contributed by atoms with Crippen LogP contribution in [0.2, 0.25) is 0 Å². The van der Waals surface area contributed by atoms with E-state index in [1.807, 2.05) is 10.9 Å². The lowest BCUT2D eigenvalue weighted by Crippen LogP contribution is -2.46. The molecule has 2 rings (SSSR count). The maximum Gasteiger partial charge on any atom is 0.193 e. The number of guanidine groups is 1. The van der Waals surface area contributed by atoms with Crippen LogP contribution in [0.5, 0.6) is 0 Å². The largest absolute Gasteiger partial charge is 0.357 e. The average molecular weight is 320 g/mol. The van der Waals surface area contributed by atoms with Gasteiger partial charge in [0.15, 0.2) is 5.96 Å². The van der Waals surface area contributed by atoms with Gasteiger partial charge in [0, 0.05) is 32.4 Å². The number of hydrogen-bond acceptors (Lipinski definition) is 3. The molecule has 6 heteroatoms. The van der Waals surface area contributed by atoms with Gasteiger partial charge in [-0.2, -0.15) is 5.10 Å². The van der Waals surface area contributed by atoms with Crippen LogP contribution in [0.1, 0.15) is 32.3 Å². The van der Waals surface area contributed by atoms with E-state index in [9.17, 15) is 0 Å². The minimum Gasteiger partial charge on any atom is -0.357 e. The van der Waals surface area contributed by atoms with Gasteiger partial charge in [0.05, 0.1) is 19.3 Å². The van der Waals surface area contributed by atoms with Gasteiger partial charge >= 0.3 is 0 Å². The number of nitrogens with one attached hydrogen (secondary N) is 1. The number of aromatic nitrogens is 2. The summed E-state index contributed by atoms with van der Waals surface area (Å²) in [5.41, 5.74) is 1.19. The van der Waals surface area contributed by atoms with E-state index in [0.717, 1.165) is 38.7 Å². The second-order valence-electron chi connectivity index (χ2n) is 6.32. The van der Waals surface area contributed by atoms with Crippen molar-refractivity contribution in [3.05, 3.63) is 18.0 Å². The number of likely N-dealkylation sites (tertiary alicyclic amines) is 1. The van der Waals surface area contributed by atoms with Crippen LogP contribution >= 0.6 is 0 Å². The third-order valence-corrected chi connectivity index (χ3v) is 4.44. The average Bonchev–Trinajstić information content (AvgIpc) is 3.15. The number of aryl methyl sites for hydroxylation is 1. The molecule has 1 N–H and O–H groups in total. The van der Waals surface area contributed by atoms with E-state index in [4.69, 9.17) is 4.99 Å². The van der Waals surface area contributed by atoms with Crippen LogP contribution in [0.4, 0.5) is 0 Å². The molecule has 1 aromatic rings. The van der Waals surface area contributed by atoms with Crippen molar-refractivity contribution in [3.63, 3.8) is 0 Å². The molecule has 0 bridgehead atoms. The topological polar surface area (TPSA) is 48.7 Å². The fraction of sp³-hybridized carbons (Fsp3) is 0.765. The number of aliphatic imine (C=N–C) groups is 1. The van der Waals surface area contributed by atoms with Crippen LogP contribution in [0.25, 0.3) is 0 Å². The second-order valence-corrected chi connectivity index (χ2v) is 6.32. The Morgan fingerprint density at radius 2 is 2.30 bits per heavy atom. The summed E-state index contributed by atoms with van der Waals surface area (Å²) in [5.74, 6) is 0.999. The van der Waals surface area contributed by atoms with Gasteiger partial charge < -0.3 is 10.2 Å². The zero-order chi connectivity index (χ0) is 16.7. The highest BCUT2D eigenvalue weighted by molar-refractivity contribution is 5.79. The van der Waals surface area contributed by atoms with Gasteiger partial charge in [0.2, 0.25) is 0 Å². The molecule has 1 saturated heterocycles. The molecule has 0 radical (unpaired) electrons. The van der Waals surface area contributed by atoms with E-state index in [1.54, 1.807) is 0 Å². The Hall–Kier alpha value is -1.56. The molecule has 0 aliphatic carbocycles. The monoisotopic (exact) mass is 320 g/mol. The molecule has 1 fully saturated rings. The lowest BCUT2D eigenvalue weighted by Gasteiger charge is -2.29. The number of likely N-dealkylation sites (N-methyl/N-ethyl adjacent to an activating group) is 2. The molecule has 1 aliphatic rings. The van der Waals surface area contributed by atoms with Crippen LogP contribution < -0.4 is 5.32 Å². The first-order valence-corrected chi connectivity index (χ1v) is 8.86. The molecule has 23 heavy (non-hydrogen) atoms. The summed E-state index contributed by atoms with van der Waals surface area (Å²) < 4.78 is 1.96. The van der Waals surface area contributed by atoms with Crippen LogP contribution in [-0.4, -0.2) is 71.4 Å². The first kappa shape index (κ1) is 17.8. The van der Waals surface area contributed by atoms with Crippen molar-refractivity contribution >= 4 is 5.96 Å². The minimum absolute atomic E-state index is 0.655. The van der Waals surface area contributed by atoms with Gasteiger partial charge in [-0.25, -0.2) is 0 Å². The summed E-state index contributed by atoms with van der Waals surface area (Å²) in [6, 6.07) is 0.655. The van der Waals surface area contributed by atoms with E-state index in [1.165, 1.54) is 24.9 Å². The Labute approximate surface area is 140 Å². The molecule has 2 heterocycles.